The largest absolute Gasteiger partial charge is 0.325 e. The average Bonchev–Trinajstić information content (AvgIpc) is 3.11. The quantitative estimate of drug-likeness (QED) is 0.496. The molecule has 0 spiro atoms. The van der Waals surface area contributed by atoms with Crippen LogP contribution in [0.15, 0.2) is 36.0 Å². The maximum absolute atomic E-state index is 12.6. The maximum Gasteiger partial charge on any atom is 0.234 e. The number of carbonyl (C=O) groups is 1. The standard InChI is InChI=1S/C22H30N4OS/c1-4-14-26-21(18-11-7-6-8-12-18)24-25-22(26)28-15-19(27)23-20-16(3)10-9-13-17(20)5-2/h4,9-10,13,18H,1,5-8,11-12,14-15H2,2-3H3,(H,23,27). The monoisotopic (exact) mass is 398 g/mol. The van der Waals surface area contributed by atoms with Crippen molar-refractivity contribution in [1.82, 2.24) is 14.8 Å². The molecule has 0 aliphatic heterocycles. The SMILES string of the molecule is C=CCn1c(SCC(=O)Nc2c(C)cccc2CC)nnc1C1CCCCC1. The second kappa shape index (κ2) is 9.92. The summed E-state index contributed by atoms with van der Waals surface area (Å²) in [5.41, 5.74) is 3.19. The molecule has 1 amide bonds. The fourth-order valence-electron chi connectivity index (χ4n) is 3.88. The molecule has 6 heteroatoms. The Morgan fingerprint density at radius 1 is 1.32 bits per heavy atom. The smallest absolute Gasteiger partial charge is 0.234 e. The summed E-state index contributed by atoms with van der Waals surface area (Å²) in [6.45, 7) is 8.69. The molecule has 1 aromatic carbocycles. The number of allylic oxidation sites excluding steroid dienone is 1. The lowest BCUT2D eigenvalue weighted by molar-refractivity contribution is -0.113. The van der Waals surface area contributed by atoms with Crippen molar-refractivity contribution in [3.8, 4) is 0 Å². The molecule has 0 atom stereocenters. The Labute approximate surface area is 172 Å². The number of carbonyl (C=O) groups excluding carboxylic acids is 1. The van der Waals surface area contributed by atoms with Crippen LogP contribution in [-0.4, -0.2) is 26.4 Å². The number of aryl methyl sites for hydroxylation is 2. The van der Waals surface area contributed by atoms with Gasteiger partial charge in [-0.1, -0.05) is 62.2 Å². The summed E-state index contributed by atoms with van der Waals surface area (Å²) in [5.74, 6) is 1.83. The molecule has 28 heavy (non-hydrogen) atoms. The number of nitrogens with zero attached hydrogens (tertiary/aromatic N) is 3. The Morgan fingerprint density at radius 2 is 2.11 bits per heavy atom. The van der Waals surface area contributed by atoms with Crippen LogP contribution in [0, 0.1) is 6.92 Å². The highest BCUT2D eigenvalue weighted by Crippen LogP contribution is 2.33. The van der Waals surface area contributed by atoms with Crippen molar-refractivity contribution in [3.63, 3.8) is 0 Å². The first-order chi connectivity index (χ1) is 13.6. The van der Waals surface area contributed by atoms with Gasteiger partial charge in [0.2, 0.25) is 5.91 Å². The first-order valence-electron chi connectivity index (χ1n) is 10.2. The highest BCUT2D eigenvalue weighted by Gasteiger charge is 2.23. The highest BCUT2D eigenvalue weighted by atomic mass is 32.2. The van der Waals surface area contributed by atoms with Crippen LogP contribution in [0.5, 0.6) is 0 Å². The van der Waals surface area contributed by atoms with Crippen molar-refractivity contribution in [2.75, 3.05) is 11.1 Å². The molecule has 0 radical (unpaired) electrons. The number of aromatic nitrogens is 3. The van der Waals surface area contributed by atoms with Crippen LogP contribution in [-0.2, 0) is 17.8 Å². The van der Waals surface area contributed by atoms with Crippen LogP contribution in [0.1, 0.15) is 61.9 Å². The fraction of sp³-hybridized carbons (Fsp3) is 0.500. The minimum absolute atomic E-state index is 0.0126. The van der Waals surface area contributed by atoms with Gasteiger partial charge in [-0.05, 0) is 37.3 Å². The number of rotatable bonds is 8. The first kappa shape index (κ1) is 20.6. The molecule has 1 saturated carbocycles. The zero-order valence-electron chi connectivity index (χ0n) is 16.9. The fourth-order valence-corrected chi connectivity index (χ4v) is 4.63. The van der Waals surface area contributed by atoms with Gasteiger partial charge in [0.1, 0.15) is 5.82 Å². The van der Waals surface area contributed by atoms with Crippen molar-refractivity contribution >= 4 is 23.4 Å². The van der Waals surface area contributed by atoms with Gasteiger partial charge in [-0.3, -0.25) is 4.79 Å². The summed E-state index contributed by atoms with van der Waals surface area (Å²) in [6, 6.07) is 6.12. The van der Waals surface area contributed by atoms with Crippen LogP contribution in [0.4, 0.5) is 5.69 Å². The first-order valence-corrected chi connectivity index (χ1v) is 11.2. The molecule has 5 nitrogen and oxygen atoms in total. The molecular formula is C22H30N4OS. The summed E-state index contributed by atoms with van der Waals surface area (Å²) in [4.78, 5) is 12.6. The minimum atomic E-state index is -0.0126. The van der Waals surface area contributed by atoms with Crippen LogP contribution in [0.2, 0.25) is 0 Å². The number of anilines is 1. The average molecular weight is 399 g/mol. The third kappa shape index (κ3) is 4.85. The lowest BCUT2D eigenvalue weighted by atomic mass is 9.89. The molecule has 0 saturated heterocycles. The van der Waals surface area contributed by atoms with E-state index in [0.717, 1.165) is 34.2 Å². The molecule has 1 heterocycles. The van der Waals surface area contributed by atoms with Crippen molar-refractivity contribution in [2.24, 2.45) is 0 Å². The number of amides is 1. The Bertz CT molecular complexity index is 824. The number of hydrogen-bond donors (Lipinski definition) is 1. The predicted octanol–water partition coefficient (Wildman–Crippen LogP) is 5.11. The Kier molecular flexibility index (Phi) is 7.31. The Balaban J connectivity index is 1.68. The van der Waals surface area contributed by atoms with Crippen molar-refractivity contribution < 1.29 is 4.79 Å². The van der Waals surface area contributed by atoms with E-state index in [9.17, 15) is 4.79 Å². The predicted molar refractivity (Wildman–Crippen MR) is 116 cm³/mol. The van der Waals surface area contributed by atoms with Gasteiger partial charge in [0.05, 0.1) is 5.75 Å². The summed E-state index contributed by atoms with van der Waals surface area (Å²) in [5, 5.41) is 12.7. The molecule has 3 rings (SSSR count). The second-order valence-electron chi connectivity index (χ2n) is 7.37. The summed E-state index contributed by atoms with van der Waals surface area (Å²) >= 11 is 1.45. The topological polar surface area (TPSA) is 59.8 Å². The van der Waals surface area contributed by atoms with Gasteiger partial charge < -0.3 is 9.88 Å². The van der Waals surface area contributed by atoms with E-state index in [1.54, 1.807) is 0 Å². The van der Waals surface area contributed by atoms with Gasteiger partial charge >= 0.3 is 0 Å². The zero-order valence-corrected chi connectivity index (χ0v) is 17.7. The van der Waals surface area contributed by atoms with Crippen LogP contribution in [0.3, 0.4) is 0 Å². The van der Waals surface area contributed by atoms with Crippen LogP contribution >= 0.6 is 11.8 Å². The van der Waals surface area contributed by atoms with Crippen molar-refractivity contribution in [1.29, 1.82) is 0 Å². The molecule has 2 aromatic rings. The third-order valence-electron chi connectivity index (χ3n) is 5.36. The molecule has 0 unspecified atom stereocenters. The van der Waals surface area contributed by atoms with Gasteiger partial charge in [0.15, 0.2) is 5.16 Å². The number of thioether (sulfide) groups is 1. The number of nitrogens with one attached hydrogen (secondary N) is 1. The van der Waals surface area contributed by atoms with Gasteiger partial charge in [0.25, 0.3) is 0 Å². The van der Waals surface area contributed by atoms with Gasteiger partial charge in [0, 0.05) is 18.2 Å². The lowest BCUT2D eigenvalue weighted by Gasteiger charge is -2.21. The van der Waals surface area contributed by atoms with E-state index < -0.39 is 0 Å². The molecule has 150 valence electrons. The normalized spacial score (nSPS) is 14.8. The van der Waals surface area contributed by atoms with E-state index >= 15 is 0 Å². The van der Waals surface area contributed by atoms with Gasteiger partial charge in [-0.15, -0.1) is 16.8 Å². The molecule has 1 fully saturated rings. The minimum Gasteiger partial charge on any atom is -0.325 e. The summed E-state index contributed by atoms with van der Waals surface area (Å²) in [6.07, 6.45) is 8.94. The van der Waals surface area contributed by atoms with E-state index in [0.29, 0.717) is 18.2 Å². The number of hydrogen-bond acceptors (Lipinski definition) is 4. The van der Waals surface area contributed by atoms with Crippen LogP contribution in [0.25, 0.3) is 0 Å². The van der Waals surface area contributed by atoms with E-state index in [1.165, 1.54) is 43.9 Å². The lowest BCUT2D eigenvalue weighted by Crippen LogP contribution is -2.17. The van der Waals surface area contributed by atoms with E-state index in [4.69, 9.17) is 0 Å². The second-order valence-corrected chi connectivity index (χ2v) is 8.32. The Hall–Kier alpha value is -2.08. The zero-order chi connectivity index (χ0) is 19.9. The number of benzene rings is 1. The maximum atomic E-state index is 12.6. The third-order valence-corrected chi connectivity index (χ3v) is 6.33. The highest BCUT2D eigenvalue weighted by molar-refractivity contribution is 7.99. The molecule has 1 aliphatic carbocycles. The molecule has 1 N–H and O–H groups in total. The van der Waals surface area contributed by atoms with E-state index in [-0.39, 0.29) is 5.91 Å². The number of para-hydroxylation sites is 1. The van der Waals surface area contributed by atoms with E-state index in [1.807, 2.05) is 25.1 Å². The van der Waals surface area contributed by atoms with E-state index in [2.05, 4.69) is 39.7 Å². The van der Waals surface area contributed by atoms with Crippen molar-refractivity contribution in [2.45, 2.75) is 70.0 Å². The molecule has 1 aromatic heterocycles. The van der Waals surface area contributed by atoms with Gasteiger partial charge in [-0.2, -0.15) is 0 Å². The summed E-state index contributed by atoms with van der Waals surface area (Å²) in [7, 11) is 0. The van der Waals surface area contributed by atoms with Gasteiger partial charge in [-0.25, -0.2) is 0 Å². The van der Waals surface area contributed by atoms with Crippen LogP contribution < -0.4 is 5.32 Å². The molecule has 1 aliphatic rings. The molecular weight excluding hydrogens is 368 g/mol. The molecule has 0 bridgehead atoms. The summed E-state index contributed by atoms with van der Waals surface area (Å²) < 4.78 is 2.13. The Morgan fingerprint density at radius 3 is 2.82 bits per heavy atom. The van der Waals surface area contributed by atoms with Crippen molar-refractivity contribution in [3.05, 3.63) is 47.8 Å².